The van der Waals surface area contributed by atoms with Gasteiger partial charge >= 0.3 is 5.97 Å². The van der Waals surface area contributed by atoms with Crippen molar-refractivity contribution in [1.29, 1.82) is 5.26 Å². The van der Waals surface area contributed by atoms with Crippen LogP contribution in [0.25, 0.3) is 6.08 Å². The van der Waals surface area contributed by atoms with Gasteiger partial charge in [-0.05, 0) is 48.4 Å². The van der Waals surface area contributed by atoms with Gasteiger partial charge in [0.15, 0.2) is 11.5 Å². The van der Waals surface area contributed by atoms with Crippen molar-refractivity contribution in [2.75, 3.05) is 13.7 Å². The first kappa shape index (κ1) is 19.4. The van der Waals surface area contributed by atoms with Crippen LogP contribution in [0.4, 0.5) is 0 Å². The van der Waals surface area contributed by atoms with Crippen LogP contribution in [0.15, 0.2) is 48.0 Å². The fourth-order valence-corrected chi connectivity index (χ4v) is 2.27. The predicted molar refractivity (Wildman–Crippen MR) is 99.0 cm³/mol. The summed E-state index contributed by atoms with van der Waals surface area (Å²) in [7, 11) is 1.52. The first-order valence-electron chi connectivity index (χ1n) is 7.91. The van der Waals surface area contributed by atoms with E-state index in [1.54, 1.807) is 37.3 Å². The zero-order valence-electron chi connectivity index (χ0n) is 14.5. The van der Waals surface area contributed by atoms with Crippen molar-refractivity contribution < 1.29 is 19.0 Å². The molecule has 2 aromatic carbocycles. The predicted octanol–water partition coefficient (Wildman–Crippen LogP) is 4.40. The van der Waals surface area contributed by atoms with Gasteiger partial charge in [0, 0.05) is 5.02 Å². The average molecular weight is 372 g/mol. The largest absolute Gasteiger partial charge is 0.493 e. The number of nitrogens with zero attached hydrogens (tertiary/aromatic N) is 1. The fraction of sp³-hybridized carbons (Fsp3) is 0.200. The molecule has 0 aliphatic rings. The quantitative estimate of drug-likeness (QED) is 0.410. The summed E-state index contributed by atoms with van der Waals surface area (Å²) in [5.74, 6) is 0.389. The van der Waals surface area contributed by atoms with E-state index in [1.165, 1.54) is 13.2 Å². The van der Waals surface area contributed by atoms with Crippen LogP contribution in [0.2, 0.25) is 5.02 Å². The van der Waals surface area contributed by atoms with E-state index in [4.69, 9.17) is 31.1 Å². The maximum Gasteiger partial charge on any atom is 0.348 e. The second-order valence-electron chi connectivity index (χ2n) is 5.22. The molecule has 0 heterocycles. The highest BCUT2D eigenvalue weighted by Gasteiger charge is 2.11. The van der Waals surface area contributed by atoms with E-state index in [0.29, 0.717) is 28.7 Å². The van der Waals surface area contributed by atoms with E-state index in [-0.39, 0.29) is 12.2 Å². The number of methoxy groups -OCH3 is 1. The zero-order chi connectivity index (χ0) is 18.9. The van der Waals surface area contributed by atoms with Crippen molar-refractivity contribution in [3.8, 4) is 17.6 Å². The van der Waals surface area contributed by atoms with Crippen LogP contribution >= 0.6 is 11.6 Å². The Morgan fingerprint density at radius 2 is 1.92 bits per heavy atom. The third-order valence-electron chi connectivity index (χ3n) is 3.42. The minimum absolute atomic E-state index is 0.0799. The maximum atomic E-state index is 11.7. The zero-order valence-corrected chi connectivity index (χ0v) is 15.2. The molecule has 134 valence electrons. The molecule has 0 spiro atoms. The summed E-state index contributed by atoms with van der Waals surface area (Å²) in [5, 5.41) is 9.78. The highest BCUT2D eigenvalue weighted by atomic mass is 35.5. The van der Waals surface area contributed by atoms with Crippen molar-refractivity contribution in [3.05, 3.63) is 64.2 Å². The normalized spacial score (nSPS) is 10.8. The number of hydrogen-bond acceptors (Lipinski definition) is 5. The molecule has 5 nitrogen and oxygen atoms in total. The van der Waals surface area contributed by atoms with E-state index in [9.17, 15) is 4.79 Å². The van der Waals surface area contributed by atoms with Crippen molar-refractivity contribution >= 4 is 23.6 Å². The van der Waals surface area contributed by atoms with Gasteiger partial charge in [0.1, 0.15) is 18.2 Å². The number of nitriles is 1. The lowest BCUT2D eigenvalue weighted by Gasteiger charge is -2.11. The summed E-state index contributed by atoms with van der Waals surface area (Å²) in [6.45, 7) is 2.25. The highest BCUT2D eigenvalue weighted by molar-refractivity contribution is 6.30. The number of hydrogen-bond donors (Lipinski definition) is 0. The summed E-state index contributed by atoms with van der Waals surface area (Å²) in [6.07, 6.45) is 1.45. The Hall–Kier alpha value is -2.97. The monoisotopic (exact) mass is 371 g/mol. The molecule has 0 radical (unpaired) electrons. The van der Waals surface area contributed by atoms with Crippen LogP contribution < -0.4 is 9.47 Å². The van der Waals surface area contributed by atoms with Crippen LogP contribution in [-0.4, -0.2) is 19.7 Å². The van der Waals surface area contributed by atoms with Gasteiger partial charge in [-0.25, -0.2) is 4.79 Å². The van der Waals surface area contributed by atoms with Crippen molar-refractivity contribution in [2.24, 2.45) is 0 Å². The summed E-state index contributed by atoms with van der Waals surface area (Å²) < 4.78 is 16.0. The molecule has 0 aliphatic carbocycles. The lowest BCUT2D eigenvalue weighted by Crippen LogP contribution is -2.06. The van der Waals surface area contributed by atoms with Gasteiger partial charge < -0.3 is 14.2 Å². The molecule has 0 fully saturated rings. The van der Waals surface area contributed by atoms with Crippen LogP contribution in [0.5, 0.6) is 11.5 Å². The number of halogens is 1. The maximum absolute atomic E-state index is 11.7. The number of esters is 1. The fourth-order valence-electron chi connectivity index (χ4n) is 2.15. The van der Waals surface area contributed by atoms with Gasteiger partial charge in [-0.15, -0.1) is 0 Å². The molecular weight excluding hydrogens is 354 g/mol. The lowest BCUT2D eigenvalue weighted by atomic mass is 10.1. The third kappa shape index (κ3) is 5.27. The Bertz CT molecular complexity index is 838. The van der Waals surface area contributed by atoms with E-state index in [1.807, 2.05) is 18.2 Å². The molecule has 6 heteroatoms. The van der Waals surface area contributed by atoms with Gasteiger partial charge in [-0.2, -0.15) is 5.26 Å². The standard InChI is InChI=1S/C20H18ClNO4/c1-3-25-20(23)16(12-22)10-15-6-9-18(19(11-15)24-2)26-13-14-4-7-17(21)8-5-14/h4-11H,3,13H2,1-2H3/b16-10+. The molecule has 0 aliphatic heterocycles. The van der Waals surface area contributed by atoms with Gasteiger partial charge in [0.2, 0.25) is 0 Å². The van der Waals surface area contributed by atoms with Crippen LogP contribution in [0.1, 0.15) is 18.1 Å². The molecule has 0 unspecified atom stereocenters. The summed E-state index contributed by atoms with van der Waals surface area (Å²) in [5.41, 5.74) is 1.52. The first-order chi connectivity index (χ1) is 12.6. The molecule has 0 atom stereocenters. The van der Waals surface area contributed by atoms with Crippen molar-refractivity contribution in [3.63, 3.8) is 0 Å². The third-order valence-corrected chi connectivity index (χ3v) is 3.67. The Morgan fingerprint density at radius 1 is 1.19 bits per heavy atom. The molecule has 0 saturated heterocycles. The van der Waals surface area contributed by atoms with Crippen LogP contribution in [-0.2, 0) is 16.1 Å². The number of carbonyl (C=O) groups is 1. The smallest absolute Gasteiger partial charge is 0.348 e. The molecule has 0 N–H and O–H groups in total. The van der Waals surface area contributed by atoms with Gasteiger partial charge in [0.25, 0.3) is 0 Å². The van der Waals surface area contributed by atoms with E-state index in [0.717, 1.165) is 5.56 Å². The lowest BCUT2D eigenvalue weighted by molar-refractivity contribution is -0.137. The minimum atomic E-state index is -0.656. The summed E-state index contributed by atoms with van der Waals surface area (Å²) in [6, 6.07) is 14.3. The second kappa shape index (κ2) is 9.50. The van der Waals surface area contributed by atoms with E-state index in [2.05, 4.69) is 0 Å². The van der Waals surface area contributed by atoms with Gasteiger partial charge in [0.05, 0.1) is 13.7 Å². The molecule has 2 rings (SSSR count). The number of rotatable bonds is 7. The summed E-state index contributed by atoms with van der Waals surface area (Å²) in [4.78, 5) is 11.7. The Labute approximate surface area is 157 Å². The number of ether oxygens (including phenoxy) is 3. The first-order valence-corrected chi connectivity index (χ1v) is 8.29. The van der Waals surface area contributed by atoms with Crippen molar-refractivity contribution in [1.82, 2.24) is 0 Å². The molecule has 2 aromatic rings. The average Bonchev–Trinajstić information content (AvgIpc) is 2.66. The van der Waals surface area contributed by atoms with Gasteiger partial charge in [-0.1, -0.05) is 29.8 Å². The SMILES string of the molecule is CCOC(=O)/C(C#N)=C/c1ccc(OCc2ccc(Cl)cc2)c(OC)c1. The van der Waals surface area contributed by atoms with Crippen LogP contribution in [0.3, 0.4) is 0 Å². The highest BCUT2D eigenvalue weighted by Crippen LogP contribution is 2.30. The van der Waals surface area contributed by atoms with E-state index >= 15 is 0 Å². The number of benzene rings is 2. The molecule has 0 saturated carbocycles. The van der Waals surface area contributed by atoms with Crippen LogP contribution in [0, 0.1) is 11.3 Å². The molecular formula is C20H18ClNO4. The molecule has 0 aromatic heterocycles. The Balaban J connectivity index is 2.17. The Morgan fingerprint density at radius 3 is 2.54 bits per heavy atom. The minimum Gasteiger partial charge on any atom is -0.493 e. The van der Waals surface area contributed by atoms with Crippen molar-refractivity contribution in [2.45, 2.75) is 13.5 Å². The Kier molecular flexibility index (Phi) is 7.07. The molecule has 0 amide bonds. The second-order valence-corrected chi connectivity index (χ2v) is 5.65. The van der Waals surface area contributed by atoms with Gasteiger partial charge in [-0.3, -0.25) is 0 Å². The summed E-state index contributed by atoms with van der Waals surface area (Å²) >= 11 is 5.87. The van der Waals surface area contributed by atoms with E-state index < -0.39 is 5.97 Å². The number of carbonyl (C=O) groups excluding carboxylic acids is 1. The molecule has 0 bridgehead atoms. The molecule has 26 heavy (non-hydrogen) atoms. The topological polar surface area (TPSA) is 68.6 Å².